The van der Waals surface area contributed by atoms with Gasteiger partial charge in [-0.2, -0.15) is 0 Å². The zero-order chi connectivity index (χ0) is 15.0. The normalized spacial score (nSPS) is 23.6. The fraction of sp³-hybridized carbons (Fsp3) is 0.625. The maximum atomic E-state index is 6.19. The molecule has 20 heavy (non-hydrogen) atoms. The molecule has 1 aliphatic heterocycles. The number of hydrogen-bond acceptors (Lipinski definition) is 4. The highest BCUT2D eigenvalue weighted by Crippen LogP contribution is 2.41. The summed E-state index contributed by atoms with van der Waals surface area (Å²) in [7, 11) is 1.64. The maximum Gasteiger partial charge on any atom is 0.162 e. The van der Waals surface area contributed by atoms with Crippen LogP contribution in [0, 0.1) is 0 Å². The highest BCUT2D eigenvalue weighted by Gasteiger charge is 2.47. The number of nitrogens with two attached hydrogens (primary N) is 1. The van der Waals surface area contributed by atoms with Crippen LogP contribution >= 0.6 is 0 Å². The van der Waals surface area contributed by atoms with E-state index in [1.807, 2.05) is 18.2 Å². The van der Waals surface area contributed by atoms with Gasteiger partial charge in [-0.1, -0.05) is 6.07 Å². The third-order valence-corrected chi connectivity index (χ3v) is 3.72. The van der Waals surface area contributed by atoms with Crippen LogP contribution in [0.1, 0.15) is 39.7 Å². The zero-order valence-electron chi connectivity index (χ0n) is 13.0. The molecule has 1 aliphatic rings. The number of hydrogen-bond donors (Lipinski definition) is 1. The van der Waals surface area contributed by atoms with Crippen molar-refractivity contribution in [2.45, 2.75) is 58.0 Å². The summed E-state index contributed by atoms with van der Waals surface area (Å²) in [5.74, 6) is 1.46. The second-order valence-corrected chi connectivity index (χ2v) is 6.47. The third-order valence-electron chi connectivity index (χ3n) is 3.72. The van der Waals surface area contributed by atoms with Crippen molar-refractivity contribution in [1.29, 1.82) is 0 Å². The van der Waals surface area contributed by atoms with Crippen LogP contribution in [0.2, 0.25) is 0 Å². The molecule has 2 N–H and O–H groups in total. The molecule has 0 radical (unpaired) electrons. The van der Waals surface area contributed by atoms with Crippen molar-refractivity contribution < 1.29 is 14.2 Å². The molecule has 0 spiro atoms. The lowest BCUT2D eigenvalue weighted by Gasteiger charge is -2.28. The number of rotatable bonds is 4. The Bertz CT molecular complexity index is 483. The Kier molecular flexibility index (Phi) is 3.98. The predicted molar refractivity (Wildman–Crippen MR) is 79.2 cm³/mol. The lowest BCUT2D eigenvalue weighted by atomic mass is 9.97. The average molecular weight is 279 g/mol. The van der Waals surface area contributed by atoms with Gasteiger partial charge in [0.05, 0.1) is 12.7 Å². The summed E-state index contributed by atoms with van der Waals surface area (Å²) in [5.41, 5.74) is 6.22. The minimum Gasteiger partial charge on any atom is -0.493 e. The van der Waals surface area contributed by atoms with Crippen LogP contribution in [0.3, 0.4) is 0 Å². The Morgan fingerprint density at radius 3 is 2.45 bits per heavy atom. The van der Waals surface area contributed by atoms with E-state index in [0.717, 1.165) is 23.5 Å². The largest absolute Gasteiger partial charge is 0.493 e. The van der Waals surface area contributed by atoms with Gasteiger partial charge in [0.15, 0.2) is 11.5 Å². The molecule has 0 saturated carbocycles. The number of benzene rings is 1. The van der Waals surface area contributed by atoms with Crippen LogP contribution in [0.15, 0.2) is 18.2 Å². The number of ether oxygens (including phenoxy) is 3. The molecule has 1 fully saturated rings. The van der Waals surface area contributed by atoms with Crippen molar-refractivity contribution >= 4 is 0 Å². The molecule has 1 aromatic carbocycles. The van der Waals surface area contributed by atoms with E-state index < -0.39 is 0 Å². The number of methoxy groups -OCH3 is 1. The van der Waals surface area contributed by atoms with E-state index in [9.17, 15) is 0 Å². The maximum absolute atomic E-state index is 6.19. The fourth-order valence-corrected chi connectivity index (χ4v) is 2.79. The summed E-state index contributed by atoms with van der Waals surface area (Å²) in [4.78, 5) is 0. The van der Waals surface area contributed by atoms with Crippen molar-refractivity contribution in [3.63, 3.8) is 0 Å². The van der Waals surface area contributed by atoms with Crippen LogP contribution in [0.25, 0.3) is 0 Å². The van der Waals surface area contributed by atoms with Crippen LogP contribution in [0.5, 0.6) is 11.5 Å². The molecule has 1 aromatic rings. The predicted octanol–water partition coefficient (Wildman–Crippen LogP) is 2.88. The molecular weight excluding hydrogens is 254 g/mol. The molecule has 0 aliphatic carbocycles. The lowest BCUT2D eigenvalue weighted by molar-refractivity contribution is -0.0847. The summed E-state index contributed by atoms with van der Waals surface area (Å²) in [6.45, 7) is 8.78. The van der Waals surface area contributed by atoms with E-state index in [0.29, 0.717) is 6.54 Å². The van der Waals surface area contributed by atoms with Crippen LogP contribution in [-0.4, -0.2) is 24.4 Å². The molecule has 1 heterocycles. The van der Waals surface area contributed by atoms with Gasteiger partial charge in [0, 0.05) is 13.0 Å². The highest BCUT2D eigenvalue weighted by atomic mass is 16.6. The average Bonchev–Trinajstić information content (AvgIpc) is 2.57. The first kappa shape index (κ1) is 15.1. The second kappa shape index (κ2) is 5.26. The first-order chi connectivity index (χ1) is 9.27. The van der Waals surface area contributed by atoms with E-state index >= 15 is 0 Å². The minimum absolute atomic E-state index is 0.0144. The van der Waals surface area contributed by atoms with Gasteiger partial charge in [0.25, 0.3) is 0 Å². The van der Waals surface area contributed by atoms with Gasteiger partial charge < -0.3 is 19.9 Å². The van der Waals surface area contributed by atoms with Gasteiger partial charge in [-0.25, -0.2) is 0 Å². The molecule has 2 rings (SSSR count). The molecule has 4 nitrogen and oxygen atoms in total. The summed E-state index contributed by atoms with van der Waals surface area (Å²) < 4.78 is 17.6. The van der Waals surface area contributed by atoms with Crippen molar-refractivity contribution in [2.24, 2.45) is 5.73 Å². The van der Waals surface area contributed by atoms with E-state index in [2.05, 4.69) is 27.7 Å². The first-order valence-corrected chi connectivity index (χ1v) is 7.01. The molecule has 112 valence electrons. The topological polar surface area (TPSA) is 53.7 Å². The highest BCUT2D eigenvalue weighted by molar-refractivity contribution is 5.43. The van der Waals surface area contributed by atoms with Crippen LogP contribution < -0.4 is 15.2 Å². The summed E-state index contributed by atoms with van der Waals surface area (Å²) in [5, 5.41) is 0. The van der Waals surface area contributed by atoms with Gasteiger partial charge in [0.1, 0.15) is 11.7 Å². The van der Waals surface area contributed by atoms with Crippen molar-refractivity contribution in [3.05, 3.63) is 23.8 Å². The Morgan fingerprint density at radius 1 is 1.25 bits per heavy atom. The Labute approximate surface area is 121 Å². The molecule has 4 heteroatoms. The molecular formula is C16H25NO3. The smallest absolute Gasteiger partial charge is 0.162 e. The summed E-state index contributed by atoms with van der Waals surface area (Å²) in [6, 6.07) is 5.79. The SMILES string of the molecule is COc1ccc(CN)cc1OC1CC(C)(C)OC1(C)C. The summed E-state index contributed by atoms with van der Waals surface area (Å²) in [6.07, 6.45) is 0.829. The molecule has 0 amide bonds. The fourth-order valence-electron chi connectivity index (χ4n) is 2.79. The van der Waals surface area contributed by atoms with Gasteiger partial charge in [0.2, 0.25) is 0 Å². The van der Waals surface area contributed by atoms with E-state index in [-0.39, 0.29) is 17.3 Å². The molecule has 1 atom stereocenters. The van der Waals surface area contributed by atoms with Crippen LogP contribution in [-0.2, 0) is 11.3 Å². The standard InChI is InChI=1S/C16H25NO3/c1-15(2)9-14(16(3,4)20-15)19-13-8-11(10-17)6-7-12(13)18-5/h6-8,14H,9-10,17H2,1-5H3. The monoisotopic (exact) mass is 279 g/mol. The van der Waals surface area contributed by atoms with Crippen molar-refractivity contribution in [2.75, 3.05) is 7.11 Å². The van der Waals surface area contributed by atoms with Gasteiger partial charge in [-0.3, -0.25) is 0 Å². The zero-order valence-corrected chi connectivity index (χ0v) is 13.0. The van der Waals surface area contributed by atoms with E-state index in [4.69, 9.17) is 19.9 Å². The lowest BCUT2D eigenvalue weighted by Crippen LogP contribution is -2.36. The summed E-state index contributed by atoms with van der Waals surface area (Å²) >= 11 is 0. The van der Waals surface area contributed by atoms with E-state index in [1.165, 1.54) is 0 Å². The third kappa shape index (κ3) is 3.07. The molecule has 0 aromatic heterocycles. The molecule has 0 bridgehead atoms. The van der Waals surface area contributed by atoms with Crippen LogP contribution in [0.4, 0.5) is 0 Å². The molecule has 1 unspecified atom stereocenters. The van der Waals surface area contributed by atoms with Gasteiger partial charge in [-0.15, -0.1) is 0 Å². The first-order valence-electron chi connectivity index (χ1n) is 7.01. The Hall–Kier alpha value is -1.26. The van der Waals surface area contributed by atoms with Gasteiger partial charge in [-0.05, 0) is 45.4 Å². The molecule has 1 saturated heterocycles. The minimum atomic E-state index is -0.326. The van der Waals surface area contributed by atoms with E-state index in [1.54, 1.807) is 7.11 Å². The van der Waals surface area contributed by atoms with Crippen molar-refractivity contribution in [1.82, 2.24) is 0 Å². The Balaban J connectivity index is 2.25. The quantitative estimate of drug-likeness (QED) is 0.920. The Morgan fingerprint density at radius 2 is 1.95 bits per heavy atom. The van der Waals surface area contributed by atoms with Crippen molar-refractivity contribution in [3.8, 4) is 11.5 Å². The van der Waals surface area contributed by atoms with Gasteiger partial charge >= 0.3 is 0 Å². The second-order valence-electron chi connectivity index (χ2n) is 6.47.